The van der Waals surface area contributed by atoms with Gasteiger partial charge in [0.05, 0.1) is 0 Å². The molecule has 0 nitrogen and oxygen atoms in total. The molecule has 2 aliphatic carbocycles. The molecule has 0 N–H and O–H groups in total. The lowest BCUT2D eigenvalue weighted by atomic mass is 9.79. The molecule has 2 fully saturated rings. The van der Waals surface area contributed by atoms with Crippen LogP contribution in [0.5, 0.6) is 0 Å². The minimum Gasteiger partial charge on any atom is -0.206 e. The lowest BCUT2D eigenvalue weighted by Gasteiger charge is -2.26. The summed E-state index contributed by atoms with van der Waals surface area (Å²) >= 11 is 0. The Kier molecular flexibility index (Phi) is 1.34. The van der Waals surface area contributed by atoms with Crippen LogP contribution < -0.4 is 0 Å². The van der Waals surface area contributed by atoms with Gasteiger partial charge in [-0.25, -0.2) is 8.78 Å². The van der Waals surface area contributed by atoms with E-state index in [9.17, 15) is 8.78 Å². The normalized spacial score (nSPS) is 47.7. The third-order valence-electron chi connectivity index (χ3n) is 3.30. The summed E-state index contributed by atoms with van der Waals surface area (Å²) < 4.78 is 25.7. The zero-order valence-corrected chi connectivity index (χ0v) is 6.87. The molecule has 2 unspecified atom stereocenters. The Balaban J connectivity index is 2.06. The highest BCUT2D eigenvalue weighted by Gasteiger charge is 2.70. The van der Waals surface area contributed by atoms with Crippen LogP contribution in [0.1, 0.15) is 39.0 Å². The average molecular weight is 160 g/mol. The number of rotatable bonds is 0. The molecular formula is C9H14F2. The van der Waals surface area contributed by atoms with Gasteiger partial charge in [0.1, 0.15) is 0 Å². The number of hydrogen-bond donors (Lipinski definition) is 0. The van der Waals surface area contributed by atoms with E-state index in [1.807, 2.05) is 0 Å². The summed E-state index contributed by atoms with van der Waals surface area (Å²) in [5.74, 6) is -1.78. The predicted octanol–water partition coefficient (Wildman–Crippen LogP) is 3.22. The topological polar surface area (TPSA) is 0 Å². The molecule has 0 aromatic heterocycles. The van der Waals surface area contributed by atoms with Crippen LogP contribution in [-0.4, -0.2) is 5.92 Å². The van der Waals surface area contributed by atoms with Gasteiger partial charge < -0.3 is 0 Å². The van der Waals surface area contributed by atoms with Gasteiger partial charge in [-0.15, -0.1) is 0 Å². The minimum atomic E-state index is -2.30. The highest BCUT2D eigenvalue weighted by atomic mass is 19.3. The molecule has 1 spiro atoms. The van der Waals surface area contributed by atoms with Crippen molar-refractivity contribution in [2.24, 2.45) is 11.3 Å². The van der Waals surface area contributed by atoms with E-state index in [0.717, 1.165) is 25.7 Å². The molecule has 2 heteroatoms. The lowest BCUT2D eigenvalue weighted by molar-refractivity contribution is 0.0388. The summed E-state index contributed by atoms with van der Waals surface area (Å²) in [6.07, 6.45) is 3.86. The molecule has 64 valence electrons. The van der Waals surface area contributed by atoms with E-state index in [0.29, 0.717) is 5.92 Å². The van der Waals surface area contributed by atoms with Gasteiger partial charge in [0.25, 0.3) is 5.92 Å². The van der Waals surface area contributed by atoms with Crippen LogP contribution >= 0.6 is 0 Å². The van der Waals surface area contributed by atoms with E-state index >= 15 is 0 Å². The zero-order chi connectivity index (χ0) is 8.11. The van der Waals surface area contributed by atoms with Crippen LogP contribution in [0.15, 0.2) is 0 Å². The summed E-state index contributed by atoms with van der Waals surface area (Å²) in [6.45, 7) is 2.09. The Hall–Kier alpha value is -0.140. The second kappa shape index (κ2) is 1.96. The van der Waals surface area contributed by atoms with E-state index in [1.54, 1.807) is 0 Å². The SMILES string of the molecule is CC1CCCC2(C1)CC2(F)F. The predicted molar refractivity (Wildman–Crippen MR) is 39.6 cm³/mol. The van der Waals surface area contributed by atoms with Crippen molar-refractivity contribution >= 4 is 0 Å². The quantitative estimate of drug-likeness (QED) is 0.510. The lowest BCUT2D eigenvalue weighted by Crippen LogP contribution is -2.20. The number of halogens is 2. The van der Waals surface area contributed by atoms with Crippen LogP contribution in [-0.2, 0) is 0 Å². The highest BCUT2D eigenvalue weighted by Crippen LogP contribution is 2.68. The molecule has 0 amide bonds. The Labute approximate surface area is 66.0 Å². The first-order valence-corrected chi connectivity index (χ1v) is 4.44. The van der Waals surface area contributed by atoms with Gasteiger partial charge >= 0.3 is 0 Å². The fraction of sp³-hybridized carbons (Fsp3) is 1.00. The first-order chi connectivity index (χ1) is 5.06. The van der Waals surface area contributed by atoms with E-state index in [1.165, 1.54) is 0 Å². The first kappa shape index (κ1) is 7.51. The number of hydrogen-bond acceptors (Lipinski definition) is 0. The standard InChI is InChI=1S/C9H14F2/c1-7-3-2-4-8(5-7)6-9(8,10)11/h7H,2-6H2,1H3. The maximum Gasteiger partial charge on any atom is 0.254 e. The summed E-state index contributed by atoms with van der Waals surface area (Å²) in [5.41, 5.74) is -0.537. The van der Waals surface area contributed by atoms with Gasteiger partial charge in [0.2, 0.25) is 0 Å². The molecule has 2 atom stereocenters. The third kappa shape index (κ3) is 0.986. The largest absolute Gasteiger partial charge is 0.254 e. The molecule has 2 rings (SSSR count). The van der Waals surface area contributed by atoms with E-state index in [4.69, 9.17) is 0 Å². The van der Waals surface area contributed by atoms with Gasteiger partial charge in [-0.3, -0.25) is 0 Å². The molecule has 0 aromatic carbocycles. The maximum absolute atomic E-state index is 12.8. The summed E-state index contributed by atoms with van der Waals surface area (Å²) in [6, 6.07) is 0. The van der Waals surface area contributed by atoms with Gasteiger partial charge in [0.15, 0.2) is 0 Å². The molecule has 2 aliphatic rings. The summed E-state index contributed by atoms with van der Waals surface area (Å²) in [4.78, 5) is 0. The van der Waals surface area contributed by atoms with Crippen molar-refractivity contribution < 1.29 is 8.78 Å². The van der Waals surface area contributed by atoms with Crippen LogP contribution in [0.4, 0.5) is 8.78 Å². The molecule has 0 saturated heterocycles. The van der Waals surface area contributed by atoms with E-state index in [2.05, 4.69) is 6.92 Å². The second-order valence-electron chi connectivity index (χ2n) is 4.36. The van der Waals surface area contributed by atoms with Gasteiger partial charge in [-0.05, 0) is 18.8 Å². The van der Waals surface area contributed by atoms with Crippen LogP contribution in [0, 0.1) is 11.3 Å². The van der Waals surface area contributed by atoms with Crippen molar-refractivity contribution in [1.29, 1.82) is 0 Å². The van der Waals surface area contributed by atoms with Crippen LogP contribution in [0.25, 0.3) is 0 Å². The fourth-order valence-electron chi connectivity index (χ4n) is 2.53. The second-order valence-corrected chi connectivity index (χ2v) is 4.36. The van der Waals surface area contributed by atoms with Gasteiger partial charge in [0, 0.05) is 11.8 Å². The van der Waals surface area contributed by atoms with Crippen molar-refractivity contribution in [2.75, 3.05) is 0 Å². The molecule has 11 heavy (non-hydrogen) atoms. The smallest absolute Gasteiger partial charge is 0.206 e. The average Bonchev–Trinajstić information content (AvgIpc) is 2.32. The molecule has 2 saturated carbocycles. The monoisotopic (exact) mass is 160 g/mol. The molecule has 0 bridgehead atoms. The summed E-state index contributed by atoms with van der Waals surface area (Å²) in [7, 11) is 0. The first-order valence-electron chi connectivity index (χ1n) is 4.44. The third-order valence-corrected chi connectivity index (χ3v) is 3.30. The van der Waals surface area contributed by atoms with Gasteiger partial charge in [-0.2, -0.15) is 0 Å². The minimum absolute atomic E-state index is 0.171. The Morgan fingerprint density at radius 1 is 1.36 bits per heavy atom. The fourth-order valence-corrected chi connectivity index (χ4v) is 2.53. The maximum atomic E-state index is 12.8. The van der Waals surface area contributed by atoms with Gasteiger partial charge in [-0.1, -0.05) is 19.8 Å². The Morgan fingerprint density at radius 2 is 2.00 bits per heavy atom. The summed E-state index contributed by atoms with van der Waals surface area (Å²) in [5, 5.41) is 0. The van der Waals surface area contributed by atoms with Crippen molar-refractivity contribution in [3.05, 3.63) is 0 Å². The molecular weight excluding hydrogens is 146 g/mol. The van der Waals surface area contributed by atoms with Crippen molar-refractivity contribution in [1.82, 2.24) is 0 Å². The Morgan fingerprint density at radius 3 is 2.36 bits per heavy atom. The van der Waals surface area contributed by atoms with E-state index < -0.39 is 11.3 Å². The highest BCUT2D eigenvalue weighted by molar-refractivity contribution is 5.11. The molecule has 0 heterocycles. The molecule has 0 aliphatic heterocycles. The molecule has 0 aromatic rings. The van der Waals surface area contributed by atoms with Crippen LogP contribution in [0.2, 0.25) is 0 Å². The zero-order valence-electron chi connectivity index (χ0n) is 6.87. The van der Waals surface area contributed by atoms with Crippen molar-refractivity contribution in [3.8, 4) is 0 Å². The van der Waals surface area contributed by atoms with E-state index in [-0.39, 0.29) is 6.42 Å². The van der Waals surface area contributed by atoms with Crippen LogP contribution in [0.3, 0.4) is 0 Å². The molecule has 0 radical (unpaired) electrons. The number of alkyl halides is 2. The van der Waals surface area contributed by atoms with Crippen molar-refractivity contribution in [3.63, 3.8) is 0 Å². The Bertz CT molecular complexity index is 176. The van der Waals surface area contributed by atoms with Crippen molar-refractivity contribution in [2.45, 2.75) is 45.0 Å².